The topological polar surface area (TPSA) is 54.0 Å². The van der Waals surface area contributed by atoms with E-state index >= 15 is 0 Å². The van der Waals surface area contributed by atoms with Crippen LogP contribution in [0.1, 0.15) is 31.7 Å². The molecule has 1 aromatic carbocycles. The summed E-state index contributed by atoms with van der Waals surface area (Å²) in [6, 6.07) is 11.0. The van der Waals surface area contributed by atoms with Crippen LogP contribution in [-0.2, 0) is 16.0 Å². The summed E-state index contributed by atoms with van der Waals surface area (Å²) >= 11 is 0. The van der Waals surface area contributed by atoms with Gasteiger partial charge in [-0.1, -0.05) is 30.3 Å². The lowest BCUT2D eigenvalue weighted by molar-refractivity contribution is -0.685. The third-order valence-corrected chi connectivity index (χ3v) is 3.71. The van der Waals surface area contributed by atoms with E-state index in [4.69, 9.17) is 0 Å². The van der Waals surface area contributed by atoms with Crippen LogP contribution >= 0.6 is 0 Å². The van der Waals surface area contributed by atoms with Crippen LogP contribution in [0.2, 0.25) is 0 Å². The first-order valence-corrected chi connectivity index (χ1v) is 7.37. The fourth-order valence-electron chi connectivity index (χ4n) is 2.59. The van der Waals surface area contributed by atoms with Gasteiger partial charge in [0.05, 0.1) is 12.6 Å². The fourth-order valence-corrected chi connectivity index (χ4v) is 2.59. The number of nitrogens with zero attached hydrogens (tertiary/aromatic N) is 1. The Morgan fingerprint density at radius 2 is 1.76 bits per heavy atom. The molecule has 1 heterocycles. The molecule has 4 nitrogen and oxygen atoms in total. The summed E-state index contributed by atoms with van der Waals surface area (Å²) in [6.07, 6.45) is 2.71. The monoisotopic (exact) mass is 310 g/mol. The minimum absolute atomic E-state index is 0. The molecule has 1 saturated heterocycles. The second-order valence-electron chi connectivity index (χ2n) is 5.48. The Morgan fingerprint density at radius 1 is 1.14 bits per heavy atom. The highest BCUT2D eigenvalue weighted by Crippen LogP contribution is 2.11. The van der Waals surface area contributed by atoms with Gasteiger partial charge in [-0.2, -0.15) is 0 Å². The van der Waals surface area contributed by atoms with Crippen LogP contribution in [0, 0.1) is 0 Å². The van der Waals surface area contributed by atoms with E-state index in [-0.39, 0.29) is 24.2 Å². The van der Waals surface area contributed by atoms with Gasteiger partial charge in [0.15, 0.2) is 0 Å². The molecule has 5 heteroatoms. The molecule has 0 radical (unpaired) electrons. The lowest BCUT2D eigenvalue weighted by Gasteiger charge is -2.14. The minimum atomic E-state index is -0.00710. The van der Waals surface area contributed by atoms with E-state index in [0.717, 1.165) is 19.4 Å². The van der Waals surface area contributed by atoms with Crippen LogP contribution < -0.4 is 17.7 Å². The number of hydrogen-bond acceptors (Lipinski definition) is 2. The van der Waals surface area contributed by atoms with Crippen LogP contribution in [0.25, 0.3) is 0 Å². The number of carbonyl (C=O) groups excluding carboxylic acids is 2. The predicted molar refractivity (Wildman–Crippen MR) is 77.0 cm³/mol. The zero-order valence-corrected chi connectivity index (χ0v) is 13.2. The molecule has 2 amide bonds. The lowest BCUT2D eigenvalue weighted by atomic mass is 10.1. The number of benzene rings is 1. The van der Waals surface area contributed by atoms with Crippen molar-refractivity contribution in [2.75, 3.05) is 13.1 Å². The van der Waals surface area contributed by atoms with Crippen molar-refractivity contribution >= 4 is 11.8 Å². The molecule has 1 unspecified atom stereocenters. The van der Waals surface area contributed by atoms with E-state index in [1.807, 2.05) is 6.07 Å². The molecule has 0 bridgehead atoms. The summed E-state index contributed by atoms with van der Waals surface area (Å²) in [5.41, 5.74) is 1.35. The lowest BCUT2D eigenvalue weighted by Crippen LogP contribution is -3.00. The summed E-state index contributed by atoms with van der Waals surface area (Å²) in [5.74, 6) is -0.0142. The average molecular weight is 311 g/mol. The summed E-state index contributed by atoms with van der Waals surface area (Å²) in [5, 5.41) is 2.29. The Morgan fingerprint density at radius 3 is 2.38 bits per heavy atom. The molecule has 1 atom stereocenters. The third-order valence-electron chi connectivity index (χ3n) is 3.71. The maximum Gasteiger partial charge on any atom is 0.229 e. The van der Waals surface area contributed by atoms with E-state index in [1.165, 1.54) is 10.5 Å². The van der Waals surface area contributed by atoms with Crippen molar-refractivity contribution in [1.82, 2.24) is 4.90 Å². The van der Waals surface area contributed by atoms with Crippen LogP contribution in [-0.4, -0.2) is 35.8 Å². The second-order valence-corrected chi connectivity index (χ2v) is 5.48. The van der Waals surface area contributed by atoms with Crippen molar-refractivity contribution in [3.8, 4) is 0 Å². The van der Waals surface area contributed by atoms with E-state index in [1.54, 1.807) is 0 Å². The smallest absolute Gasteiger partial charge is 0.229 e. The normalized spacial score (nSPS) is 16.0. The summed E-state index contributed by atoms with van der Waals surface area (Å²) in [7, 11) is 0. The summed E-state index contributed by atoms with van der Waals surface area (Å²) in [4.78, 5) is 24.3. The van der Waals surface area contributed by atoms with Gasteiger partial charge < -0.3 is 17.7 Å². The molecular formula is C16H23ClN2O2. The molecule has 1 aliphatic heterocycles. The first-order valence-electron chi connectivity index (χ1n) is 7.37. The number of amides is 2. The Kier molecular flexibility index (Phi) is 7.40. The van der Waals surface area contributed by atoms with Gasteiger partial charge in [-0.3, -0.25) is 14.5 Å². The van der Waals surface area contributed by atoms with Gasteiger partial charge in [0.2, 0.25) is 11.8 Å². The van der Waals surface area contributed by atoms with Crippen molar-refractivity contribution in [2.45, 2.75) is 38.6 Å². The largest absolute Gasteiger partial charge is 1.00 e. The standard InChI is InChI=1S/C16H22N2O2.ClH/c1-13(12-14-6-3-2-4-7-14)17-10-5-11-18-15(19)8-9-16(18)20;/h2-4,6-7,13,17H,5,8-12H2,1H3;1H. The van der Waals surface area contributed by atoms with Crippen molar-refractivity contribution in [3.05, 3.63) is 35.9 Å². The Balaban J connectivity index is 0.00000220. The number of halogens is 1. The van der Waals surface area contributed by atoms with Crippen LogP contribution in [0.15, 0.2) is 30.3 Å². The second kappa shape index (κ2) is 8.80. The first-order chi connectivity index (χ1) is 9.66. The molecule has 21 heavy (non-hydrogen) atoms. The van der Waals surface area contributed by atoms with E-state index in [0.29, 0.717) is 25.4 Å². The molecule has 0 spiro atoms. The van der Waals surface area contributed by atoms with Gasteiger partial charge in [0.25, 0.3) is 0 Å². The molecule has 1 fully saturated rings. The number of nitrogens with two attached hydrogens (primary N) is 1. The number of imide groups is 1. The average Bonchev–Trinajstić information content (AvgIpc) is 2.76. The SMILES string of the molecule is CC(Cc1ccccc1)[NH2+]CCCN1C(=O)CCC1=O.[Cl-]. The Hall–Kier alpha value is -1.39. The first kappa shape index (κ1) is 17.7. The molecule has 0 saturated carbocycles. The highest BCUT2D eigenvalue weighted by Gasteiger charge is 2.28. The maximum absolute atomic E-state index is 11.4. The fraction of sp³-hybridized carbons (Fsp3) is 0.500. The van der Waals surface area contributed by atoms with Crippen LogP contribution in [0.3, 0.4) is 0 Å². The van der Waals surface area contributed by atoms with Gasteiger partial charge >= 0.3 is 0 Å². The Labute approximate surface area is 132 Å². The minimum Gasteiger partial charge on any atom is -1.00 e. The number of likely N-dealkylation sites (tertiary alicyclic amines) is 1. The third kappa shape index (κ3) is 5.48. The molecular weight excluding hydrogens is 288 g/mol. The molecule has 2 N–H and O–H groups in total. The van der Waals surface area contributed by atoms with E-state index in [9.17, 15) is 9.59 Å². The zero-order valence-electron chi connectivity index (χ0n) is 12.4. The molecule has 1 aromatic rings. The van der Waals surface area contributed by atoms with Crippen LogP contribution in [0.4, 0.5) is 0 Å². The van der Waals surface area contributed by atoms with Crippen LogP contribution in [0.5, 0.6) is 0 Å². The quantitative estimate of drug-likeness (QED) is 0.456. The van der Waals surface area contributed by atoms with Crippen molar-refractivity contribution in [1.29, 1.82) is 0 Å². The van der Waals surface area contributed by atoms with E-state index < -0.39 is 0 Å². The van der Waals surface area contributed by atoms with Gasteiger partial charge in [-0.05, 0) is 12.5 Å². The van der Waals surface area contributed by atoms with Gasteiger partial charge in [-0.25, -0.2) is 0 Å². The maximum atomic E-state index is 11.4. The van der Waals surface area contributed by atoms with Crippen molar-refractivity contribution in [2.24, 2.45) is 0 Å². The molecule has 0 aliphatic carbocycles. The van der Waals surface area contributed by atoms with Crippen molar-refractivity contribution < 1.29 is 27.3 Å². The number of hydrogen-bond donors (Lipinski definition) is 1. The number of quaternary nitrogens is 1. The van der Waals surface area contributed by atoms with E-state index in [2.05, 4.69) is 36.5 Å². The number of rotatable bonds is 7. The van der Waals surface area contributed by atoms with Gasteiger partial charge in [0, 0.05) is 32.2 Å². The highest BCUT2D eigenvalue weighted by molar-refractivity contribution is 6.01. The van der Waals surface area contributed by atoms with Crippen molar-refractivity contribution in [3.63, 3.8) is 0 Å². The zero-order chi connectivity index (χ0) is 14.4. The van der Waals surface area contributed by atoms with Gasteiger partial charge in [-0.15, -0.1) is 0 Å². The summed E-state index contributed by atoms with van der Waals surface area (Å²) in [6.45, 7) is 3.73. The molecule has 1 aliphatic rings. The molecule has 2 rings (SSSR count). The molecule has 116 valence electrons. The predicted octanol–water partition coefficient (Wildman–Crippen LogP) is -2.28. The Bertz CT molecular complexity index is 449. The highest BCUT2D eigenvalue weighted by atomic mass is 35.5. The molecule has 0 aromatic heterocycles. The van der Waals surface area contributed by atoms with Gasteiger partial charge in [0.1, 0.15) is 0 Å². The summed E-state index contributed by atoms with van der Waals surface area (Å²) < 4.78 is 0. The number of carbonyl (C=O) groups is 2.